The van der Waals surface area contributed by atoms with Gasteiger partial charge in [-0.15, -0.1) is 0 Å². The number of carbonyl (C=O) groups is 1. The first-order chi connectivity index (χ1) is 10.8. The summed E-state index contributed by atoms with van der Waals surface area (Å²) >= 11 is 0. The fraction of sp³-hybridized carbons (Fsp3) is 0.235. The van der Waals surface area contributed by atoms with E-state index in [1.165, 1.54) is 12.4 Å². The standard InChI is InChI=1S/C17H16N4O/c18-9-14(8-15-10-19-11-20-15)17(22)21-16(13-6-7-13)12-4-2-1-3-5-12/h1-5,8,10-11,13,16H,6-7H2,(H,19,20)(H,21,22)/b14-8+. The number of hydrogen-bond donors (Lipinski definition) is 2. The van der Waals surface area contributed by atoms with Gasteiger partial charge in [-0.3, -0.25) is 4.79 Å². The van der Waals surface area contributed by atoms with Crippen molar-refractivity contribution in [3.8, 4) is 6.07 Å². The highest BCUT2D eigenvalue weighted by Crippen LogP contribution is 2.41. The molecule has 0 radical (unpaired) electrons. The smallest absolute Gasteiger partial charge is 0.262 e. The molecule has 2 aromatic rings. The summed E-state index contributed by atoms with van der Waals surface area (Å²) in [5.41, 5.74) is 1.79. The number of aromatic amines is 1. The van der Waals surface area contributed by atoms with Gasteiger partial charge in [0, 0.05) is 0 Å². The Labute approximate surface area is 128 Å². The Hall–Kier alpha value is -2.87. The second-order valence-electron chi connectivity index (χ2n) is 5.38. The van der Waals surface area contributed by atoms with Crippen molar-refractivity contribution >= 4 is 12.0 Å². The molecule has 1 unspecified atom stereocenters. The zero-order valence-corrected chi connectivity index (χ0v) is 12.0. The molecule has 1 aliphatic carbocycles. The van der Waals surface area contributed by atoms with Crippen molar-refractivity contribution in [1.82, 2.24) is 15.3 Å². The van der Waals surface area contributed by atoms with Gasteiger partial charge in [0.2, 0.25) is 0 Å². The molecular weight excluding hydrogens is 276 g/mol. The number of aromatic nitrogens is 2. The highest BCUT2D eigenvalue weighted by atomic mass is 16.1. The Morgan fingerprint density at radius 2 is 2.18 bits per heavy atom. The summed E-state index contributed by atoms with van der Waals surface area (Å²) in [7, 11) is 0. The third kappa shape index (κ3) is 3.23. The van der Waals surface area contributed by atoms with Crippen LogP contribution >= 0.6 is 0 Å². The zero-order valence-electron chi connectivity index (χ0n) is 12.0. The minimum atomic E-state index is -0.349. The van der Waals surface area contributed by atoms with Gasteiger partial charge in [0.25, 0.3) is 5.91 Å². The molecule has 0 saturated heterocycles. The van der Waals surface area contributed by atoms with Crippen LogP contribution in [0.1, 0.15) is 30.1 Å². The van der Waals surface area contributed by atoms with Crippen molar-refractivity contribution in [2.45, 2.75) is 18.9 Å². The van der Waals surface area contributed by atoms with Crippen molar-refractivity contribution < 1.29 is 4.79 Å². The van der Waals surface area contributed by atoms with Crippen LogP contribution in [0.3, 0.4) is 0 Å². The van der Waals surface area contributed by atoms with E-state index in [1.807, 2.05) is 36.4 Å². The lowest BCUT2D eigenvalue weighted by Crippen LogP contribution is -2.30. The summed E-state index contributed by atoms with van der Waals surface area (Å²) in [5, 5.41) is 12.2. The quantitative estimate of drug-likeness (QED) is 0.656. The lowest BCUT2D eigenvalue weighted by atomic mass is 10.0. The molecule has 110 valence electrons. The average Bonchev–Trinajstić information content (AvgIpc) is 3.27. The molecule has 1 amide bonds. The first-order valence-electron chi connectivity index (χ1n) is 7.24. The van der Waals surface area contributed by atoms with Crippen molar-refractivity contribution in [2.24, 2.45) is 5.92 Å². The number of carbonyl (C=O) groups excluding carboxylic acids is 1. The number of rotatable bonds is 5. The minimum Gasteiger partial charge on any atom is -0.345 e. The summed E-state index contributed by atoms with van der Waals surface area (Å²) in [4.78, 5) is 19.1. The molecule has 1 heterocycles. The number of amides is 1. The van der Waals surface area contributed by atoms with Crippen LogP contribution in [0.5, 0.6) is 0 Å². The van der Waals surface area contributed by atoms with E-state index in [0.29, 0.717) is 11.6 Å². The van der Waals surface area contributed by atoms with Crippen molar-refractivity contribution in [3.63, 3.8) is 0 Å². The maximum Gasteiger partial charge on any atom is 0.262 e. The molecule has 5 heteroatoms. The maximum atomic E-state index is 12.4. The largest absolute Gasteiger partial charge is 0.345 e. The van der Waals surface area contributed by atoms with Gasteiger partial charge >= 0.3 is 0 Å². The Balaban J connectivity index is 1.78. The summed E-state index contributed by atoms with van der Waals surface area (Å²) in [5.74, 6) is 0.108. The van der Waals surface area contributed by atoms with Crippen LogP contribution in [0.4, 0.5) is 0 Å². The highest BCUT2D eigenvalue weighted by Gasteiger charge is 2.33. The SMILES string of the molecule is N#C/C(=C\c1cnc[nH]1)C(=O)NC(c1ccccc1)C1CC1. The maximum absolute atomic E-state index is 12.4. The highest BCUT2D eigenvalue weighted by molar-refractivity contribution is 6.01. The van der Waals surface area contributed by atoms with E-state index in [0.717, 1.165) is 18.4 Å². The Bertz CT molecular complexity index is 709. The van der Waals surface area contributed by atoms with Crippen LogP contribution in [0.2, 0.25) is 0 Å². The van der Waals surface area contributed by atoms with Crippen LogP contribution in [0, 0.1) is 17.2 Å². The lowest BCUT2D eigenvalue weighted by Gasteiger charge is -2.18. The van der Waals surface area contributed by atoms with Gasteiger partial charge in [-0.25, -0.2) is 4.98 Å². The molecule has 1 aromatic heterocycles. The number of benzene rings is 1. The molecule has 1 aromatic carbocycles. The molecule has 0 bridgehead atoms. The lowest BCUT2D eigenvalue weighted by molar-refractivity contribution is -0.117. The topological polar surface area (TPSA) is 81.6 Å². The normalized spacial score (nSPS) is 15.9. The molecule has 2 N–H and O–H groups in total. The number of H-pyrrole nitrogens is 1. The molecule has 0 spiro atoms. The van der Waals surface area contributed by atoms with Gasteiger partial charge in [0.1, 0.15) is 11.6 Å². The van der Waals surface area contributed by atoms with Crippen molar-refractivity contribution in [1.29, 1.82) is 5.26 Å². The molecule has 0 aliphatic heterocycles. The fourth-order valence-corrected chi connectivity index (χ4v) is 2.43. The van der Waals surface area contributed by atoms with Crippen molar-refractivity contribution in [2.75, 3.05) is 0 Å². The van der Waals surface area contributed by atoms with E-state index in [-0.39, 0.29) is 17.5 Å². The van der Waals surface area contributed by atoms with Gasteiger partial charge in [-0.2, -0.15) is 5.26 Å². The van der Waals surface area contributed by atoms with Gasteiger partial charge in [0.05, 0.1) is 24.3 Å². The summed E-state index contributed by atoms with van der Waals surface area (Å²) < 4.78 is 0. The minimum absolute atomic E-state index is 0.0350. The third-order valence-electron chi connectivity index (χ3n) is 3.72. The number of nitrogens with zero attached hydrogens (tertiary/aromatic N) is 2. The van der Waals surface area contributed by atoms with E-state index in [4.69, 9.17) is 0 Å². The second-order valence-corrected chi connectivity index (χ2v) is 5.38. The van der Waals surface area contributed by atoms with E-state index in [2.05, 4.69) is 15.3 Å². The van der Waals surface area contributed by atoms with E-state index in [1.54, 1.807) is 6.20 Å². The summed E-state index contributed by atoms with van der Waals surface area (Å²) in [6.07, 6.45) is 6.80. The van der Waals surface area contributed by atoms with Crippen LogP contribution in [0.25, 0.3) is 6.08 Å². The monoisotopic (exact) mass is 292 g/mol. The van der Waals surface area contributed by atoms with Gasteiger partial charge in [0.15, 0.2) is 0 Å². The van der Waals surface area contributed by atoms with Crippen molar-refractivity contribution in [3.05, 3.63) is 59.7 Å². The molecule has 1 saturated carbocycles. The summed E-state index contributed by atoms with van der Waals surface area (Å²) in [6.45, 7) is 0. The first-order valence-corrected chi connectivity index (χ1v) is 7.24. The predicted octanol–water partition coefficient (Wildman–Crippen LogP) is 2.58. The number of nitrogens with one attached hydrogen (secondary N) is 2. The third-order valence-corrected chi connectivity index (χ3v) is 3.72. The fourth-order valence-electron chi connectivity index (χ4n) is 2.43. The van der Waals surface area contributed by atoms with E-state index in [9.17, 15) is 10.1 Å². The molecule has 5 nitrogen and oxygen atoms in total. The average molecular weight is 292 g/mol. The molecule has 1 fully saturated rings. The molecule has 22 heavy (non-hydrogen) atoms. The van der Waals surface area contributed by atoms with Crippen LogP contribution in [-0.4, -0.2) is 15.9 Å². The Kier molecular flexibility index (Phi) is 4.01. The number of imidazole rings is 1. The Morgan fingerprint density at radius 3 is 2.77 bits per heavy atom. The zero-order chi connectivity index (χ0) is 15.4. The van der Waals surface area contributed by atoms with Gasteiger partial charge in [-0.1, -0.05) is 30.3 Å². The second kappa shape index (κ2) is 6.27. The van der Waals surface area contributed by atoms with E-state index < -0.39 is 0 Å². The number of nitriles is 1. The Morgan fingerprint density at radius 1 is 1.41 bits per heavy atom. The van der Waals surface area contributed by atoms with Gasteiger partial charge < -0.3 is 10.3 Å². The molecule has 1 atom stereocenters. The van der Waals surface area contributed by atoms with Crippen LogP contribution in [0.15, 0.2) is 48.4 Å². The molecular formula is C17H16N4O. The number of hydrogen-bond acceptors (Lipinski definition) is 3. The van der Waals surface area contributed by atoms with Crippen LogP contribution in [-0.2, 0) is 4.79 Å². The van der Waals surface area contributed by atoms with E-state index >= 15 is 0 Å². The van der Waals surface area contributed by atoms with Gasteiger partial charge in [-0.05, 0) is 30.4 Å². The summed E-state index contributed by atoms with van der Waals surface area (Å²) in [6, 6.07) is 11.8. The molecule has 1 aliphatic rings. The predicted molar refractivity (Wildman–Crippen MR) is 82.2 cm³/mol. The molecule has 3 rings (SSSR count). The van der Waals surface area contributed by atoms with Crippen LogP contribution < -0.4 is 5.32 Å². The first kappa shape index (κ1) is 14.1.